The van der Waals surface area contributed by atoms with E-state index in [1.807, 2.05) is 6.20 Å². The predicted octanol–water partition coefficient (Wildman–Crippen LogP) is 6.84. The van der Waals surface area contributed by atoms with E-state index in [1.54, 1.807) is 0 Å². The average molecular weight is 432 g/mol. The summed E-state index contributed by atoms with van der Waals surface area (Å²) in [5.41, 5.74) is 9.46. The van der Waals surface area contributed by atoms with Crippen LogP contribution in [-0.4, -0.2) is 4.98 Å². The second-order valence-corrected chi connectivity index (χ2v) is 12.3. The molecule has 0 saturated heterocycles. The molecule has 2 atom stereocenters. The lowest BCUT2D eigenvalue weighted by Gasteiger charge is -2.51. The molecule has 0 amide bonds. The fraction of sp³-hybridized carbons (Fsp3) is 0.355. The van der Waals surface area contributed by atoms with Gasteiger partial charge in [0.05, 0.1) is 21.9 Å². The summed E-state index contributed by atoms with van der Waals surface area (Å²) in [5.74, 6) is 0. The molecule has 2 heteroatoms. The Kier molecular flexibility index (Phi) is 3.17. The zero-order chi connectivity index (χ0) is 23.1. The molecule has 164 valence electrons. The summed E-state index contributed by atoms with van der Waals surface area (Å²) in [4.78, 5) is 4.96. The van der Waals surface area contributed by atoms with Crippen molar-refractivity contribution in [1.82, 2.24) is 4.98 Å². The molecule has 2 nitrogen and oxygen atoms in total. The van der Waals surface area contributed by atoms with Gasteiger partial charge in [0.1, 0.15) is 0 Å². The Bertz CT molecular complexity index is 1600. The van der Waals surface area contributed by atoms with Gasteiger partial charge in [0.2, 0.25) is 5.69 Å². The van der Waals surface area contributed by atoms with Gasteiger partial charge in [-0.1, -0.05) is 58.9 Å². The van der Waals surface area contributed by atoms with Gasteiger partial charge in [-0.25, -0.2) is 0 Å². The highest BCUT2D eigenvalue weighted by molar-refractivity contribution is 6.05. The number of benzene rings is 2. The molecule has 0 bridgehead atoms. The van der Waals surface area contributed by atoms with Crippen LogP contribution in [0.25, 0.3) is 32.9 Å². The number of pyridine rings is 2. The van der Waals surface area contributed by atoms with Crippen LogP contribution in [0.15, 0.2) is 60.9 Å². The van der Waals surface area contributed by atoms with E-state index >= 15 is 0 Å². The molecule has 2 aliphatic carbocycles. The smallest absolute Gasteiger partial charge is 0.222 e. The van der Waals surface area contributed by atoms with Crippen molar-refractivity contribution >= 4 is 21.7 Å². The van der Waals surface area contributed by atoms with Crippen LogP contribution in [0.4, 0.5) is 0 Å². The van der Waals surface area contributed by atoms with Gasteiger partial charge in [-0.3, -0.25) is 4.98 Å². The van der Waals surface area contributed by atoms with Crippen LogP contribution < -0.4 is 4.57 Å². The monoisotopic (exact) mass is 431 g/mol. The highest BCUT2D eigenvalue weighted by Gasteiger charge is 2.63. The molecule has 0 spiro atoms. The minimum absolute atomic E-state index is 0.0881. The van der Waals surface area contributed by atoms with Crippen LogP contribution in [0, 0.1) is 0 Å². The first-order valence-corrected chi connectivity index (χ1v) is 12.2. The second kappa shape index (κ2) is 5.38. The summed E-state index contributed by atoms with van der Waals surface area (Å²) < 4.78 is 2.56. The number of rotatable bonds is 0. The van der Waals surface area contributed by atoms with Crippen LogP contribution in [0.3, 0.4) is 0 Å². The first kappa shape index (κ1) is 19.5. The molecule has 0 fully saturated rings. The normalized spacial score (nSPS) is 25.8. The standard InChI is InChI=1S/C31H31N2/c1-28(2,3)20-15-18-10-14-33-27-23(18)22(17-20)29(4,5)21-16-19-9-8-13-32-26(19)25(24(21)27)30(6)11-12-31(30,33)7/h8-17H,1-7H3/q+1. The molecule has 2 aromatic heterocycles. The molecular formula is C31H31N2+. The third-order valence-electron chi connectivity index (χ3n) is 9.21. The van der Waals surface area contributed by atoms with Crippen LogP contribution in [-0.2, 0) is 21.8 Å². The first-order chi connectivity index (χ1) is 15.5. The topological polar surface area (TPSA) is 16.8 Å². The van der Waals surface area contributed by atoms with Crippen molar-refractivity contribution in [1.29, 1.82) is 0 Å². The Hall–Kier alpha value is -3.00. The molecule has 3 aliphatic rings. The van der Waals surface area contributed by atoms with Crippen molar-refractivity contribution in [2.75, 3.05) is 0 Å². The molecular weight excluding hydrogens is 400 g/mol. The Labute approximate surface area is 196 Å². The number of allylic oxidation sites excluding steroid dienone is 2. The zero-order valence-electron chi connectivity index (χ0n) is 20.7. The third-order valence-corrected chi connectivity index (χ3v) is 9.21. The Balaban J connectivity index is 1.78. The van der Waals surface area contributed by atoms with Crippen LogP contribution in [0.2, 0.25) is 0 Å². The van der Waals surface area contributed by atoms with E-state index in [9.17, 15) is 0 Å². The van der Waals surface area contributed by atoms with Gasteiger partial charge in [0.25, 0.3) is 0 Å². The number of aromatic nitrogens is 2. The zero-order valence-corrected chi connectivity index (χ0v) is 20.7. The first-order valence-electron chi connectivity index (χ1n) is 12.2. The maximum absolute atomic E-state index is 4.96. The van der Waals surface area contributed by atoms with Gasteiger partial charge in [0.15, 0.2) is 11.7 Å². The second-order valence-electron chi connectivity index (χ2n) is 12.3. The minimum Gasteiger partial charge on any atom is -0.256 e. The van der Waals surface area contributed by atoms with E-state index in [1.165, 1.54) is 49.7 Å². The maximum Gasteiger partial charge on any atom is 0.222 e. The van der Waals surface area contributed by atoms with Gasteiger partial charge < -0.3 is 0 Å². The van der Waals surface area contributed by atoms with Gasteiger partial charge in [-0.05, 0) is 52.6 Å². The van der Waals surface area contributed by atoms with Crippen LogP contribution in [0.1, 0.15) is 70.7 Å². The maximum atomic E-state index is 4.96. The highest BCUT2D eigenvalue weighted by Crippen LogP contribution is 2.60. The summed E-state index contributed by atoms with van der Waals surface area (Å²) in [6, 6.07) is 14.0. The molecule has 0 saturated carbocycles. The van der Waals surface area contributed by atoms with Crippen molar-refractivity contribution in [3.63, 3.8) is 0 Å². The van der Waals surface area contributed by atoms with Crippen LogP contribution >= 0.6 is 0 Å². The van der Waals surface area contributed by atoms with Gasteiger partial charge >= 0.3 is 0 Å². The molecule has 1 aliphatic heterocycles. The minimum atomic E-state index is -0.103. The van der Waals surface area contributed by atoms with Gasteiger partial charge in [0, 0.05) is 35.6 Å². The van der Waals surface area contributed by atoms with Crippen molar-refractivity contribution in [3.8, 4) is 11.3 Å². The fourth-order valence-electron chi connectivity index (χ4n) is 6.82. The molecule has 33 heavy (non-hydrogen) atoms. The lowest BCUT2D eigenvalue weighted by Crippen LogP contribution is -2.70. The molecule has 0 N–H and O–H groups in total. The summed E-state index contributed by atoms with van der Waals surface area (Å²) in [7, 11) is 0. The van der Waals surface area contributed by atoms with E-state index in [0.29, 0.717) is 0 Å². The van der Waals surface area contributed by atoms with Crippen LogP contribution in [0.5, 0.6) is 0 Å². The number of hydrogen-bond donors (Lipinski definition) is 0. The molecule has 2 unspecified atom stereocenters. The van der Waals surface area contributed by atoms with E-state index in [4.69, 9.17) is 4.98 Å². The predicted molar refractivity (Wildman–Crippen MR) is 136 cm³/mol. The summed E-state index contributed by atoms with van der Waals surface area (Å²) in [5, 5.41) is 4.02. The molecule has 3 heterocycles. The molecule has 2 aromatic carbocycles. The SMILES string of the molecule is CC(C)(C)c1cc2c3c4[n+](ccc3c1)C1(C)C=CC1(C)c1c-4c(cc3cccnc13)C2(C)C. The van der Waals surface area contributed by atoms with Crippen molar-refractivity contribution < 1.29 is 4.57 Å². The third kappa shape index (κ3) is 1.99. The van der Waals surface area contributed by atoms with Crippen molar-refractivity contribution in [2.24, 2.45) is 0 Å². The molecule has 0 radical (unpaired) electrons. The van der Waals surface area contributed by atoms with Gasteiger partial charge in [-0.15, -0.1) is 0 Å². The quantitative estimate of drug-likeness (QED) is 0.220. The average Bonchev–Trinajstić information content (AvgIpc) is 2.77. The molecule has 7 rings (SSSR count). The Morgan fingerprint density at radius 3 is 2.36 bits per heavy atom. The van der Waals surface area contributed by atoms with E-state index in [-0.39, 0.29) is 21.8 Å². The summed E-state index contributed by atoms with van der Waals surface area (Å²) in [6.07, 6.45) is 9.09. The van der Waals surface area contributed by atoms with Gasteiger partial charge in [-0.2, -0.15) is 4.57 Å². The Morgan fingerprint density at radius 2 is 1.67 bits per heavy atom. The highest BCUT2D eigenvalue weighted by atomic mass is 15.1. The lowest BCUT2D eigenvalue weighted by molar-refractivity contribution is -0.753. The summed E-state index contributed by atoms with van der Waals surface area (Å²) >= 11 is 0. The van der Waals surface area contributed by atoms with E-state index in [0.717, 1.165) is 5.52 Å². The van der Waals surface area contributed by atoms with E-state index in [2.05, 4.69) is 108 Å². The number of hydrogen-bond acceptors (Lipinski definition) is 1. The fourth-order valence-corrected chi connectivity index (χ4v) is 6.82. The van der Waals surface area contributed by atoms with Crippen molar-refractivity contribution in [2.45, 2.75) is 70.3 Å². The number of fused-ring (bicyclic) bond motifs is 5. The molecule has 4 aromatic rings. The largest absolute Gasteiger partial charge is 0.256 e. The number of nitrogens with zero attached hydrogens (tertiary/aromatic N) is 2. The van der Waals surface area contributed by atoms with E-state index < -0.39 is 0 Å². The summed E-state index contributed by atoms with van der Waals surface area (Å²) in [6.45, 7) is 16.6. The van der Waals surface area contributed by atoms with Crippen molar-refractivity contribution in [3.05, 3.63) is 83.2 Å². The lowest BCUT2D eigenvalue weighted by atomic mass is 9.53. The Morgan fingerprint density at radius 1 is 0.879 bits per heavy atom.